The van der Waals surface area contributed by atoms with Crippen LogP contribution in [0.2, 0.25) is 5.02 Å². The van der Waals surface area contributed by atoms with E-state index in [2.05, 4.69) is 24.0 Å². The van der Waals surface area contributed by atoms with Gasteiger partial charge in [-0.05, 0) is 30.5 Å². The van der Waals surface area contributed by atoms with Gasteiger partial charge in [0.25, 0.3) is 11.6 Å². The smallest absolute Gasteiger partial charge is 0.294 e. The Bertz CT molecular complexity index is 843. The van der Waals surface area contributed by atoms with Gasteiger partial charge in [0.1, 0.15) is 11.4 Å². The van der Waals surface area contributed by atoms with Gasteiger partial charge in [-0.25, -0.2) is 0 Å². The molecule has 1 aliphatic heterocycles. The summed E-state index contributed by atoms with van der Waals surface area (Å²) in [6.07, 6.45) is 0.842. The number of aromatic amines is 1. The molecule has 1 fully saturated rings. The predicted octanol–water partition coefficient (Wildman–Crippen LogP) is 3.13. The van der Waals surface area contributed by atoms with E-state index in [9.17, 15) is 14.9 Å². The molecule has 0 radical (unpaired) electrons. The molecule has 144 valence electrons. The van der Waals surface area contributed by atoms with E-state index >= 15 is 0 Å². The minimum absolute atomic E-state index is 0.0205. The van der Waals surface area contributed by atoms with Crippen LogP contribution in [-0.4, -0.2) is 52.1 Å². The first-order valence-corrected chi connectivity index (χ1v) is 9.25. The number of halogens is 1. The molecule has 1 aromatic carbocycles. The van der Waals surface area contributed by atoms with Crippen molar-refractivity contribution in [2.75, 3.05) is 31.1 Å². The Labute approximate surface area is 162 Å². The lowest BCUT2D eigenvalue weighted by molar-refractivity contribution is -0.384. The zero-order valence-corrected chi connectivity index (χ0v) is 16.1. The van der Waals surface area contributed by atoms with Crippen LogP contribution < -0.4 is 4.90 Å². The number of carbonyl (C=O) groups is 1. The van der Waals surface area contributed by atoms with Crippen molar-refractivity contribution in [1.82, 2.24) is 15.1 Å². The standard InChI is InChI=1S/C18H22ClN5O3/c1-12(2)9-14-11-15(21-20-14)18(25)23-7-5-22(6-8-23)16-4-3-13(19)10-17(16)24(26)27/h3-4,10-12H,5-9H2,1-2H3,(H,20,21). The summed E-state index contributed by atoms with van der Waals surface area (Å²) in [5.74, 6) is 0.360. The van der Waals surface area contributed by atoms with Gasteiger partial charge in [-0.15, -0.1) is 0 Å². The molecule has 0 bridgehead atoms. The third-order valence-corrected chi connectivity index (χ3v) is 4.76. The normalized spacial score (nSPS) is 14.7. The third-order valence-electron chi connectivity index (χ3n) is 4.52. The second-order valence-corrected chi connectivity index (χ2v) is 7.48. The Balaban J connectivity index is 1.66. The number of carbonyl (C=O) groups excluding carboxylic acids is 1. The van der Waals surface area contributed by atoms with Crippen LogP contribution in [-0.2, 0) is 6.42 Å². The van der Waals surface area contributed by atoms with Gasteiger partial charge in [0.15, 0.2) is 0 Å². The van der Waals surface area contributed by atoms with Crippen molar-refractivity contribution in [2.45, 2.75) is 20.3 Å². The van der Waals surface area contributed by atoms with Crippen LogP contribution in [0.25, 0.3) is 0 Å². The molecule has 9 heteroatoms. The van der Waals surface area contributed by atoms with E-state index in [1.54, 1.807) is 23.1 Å². The fourth-order valence-electron chi connectivity index (χ4n) is 3.24. The topological polar surface area (TPSA) is 95.4 Å². The maximum absolute atomic E-state index is 12.7. The Morgan fingerprint density at radius 1 is 1.30 bits per heavy atom. The Kier molecular flexibility index (Phi) is 5.65. The van der Waals surface area contributed by atoms with Crippen molar-refractivity contribution in [3.63, 3.8) is 0 Å². The van der Waals surface area contributed by atoms with E-state index in [0.29, 0.717) is 48.5 Å². The molecule has 27 heavy (non-hydrogen) atoms. The molecule has 0 aliphatic carbocycles. The molecule has 2 heterocycles. The number of piperazine rings is 1. The number of amides is 1. The highest BCUT2D eigenvalue weighted by Crippen LogP contribution is 2.31. The summed E-state index contributed by atoms with van der Waals surface area (Å²) in [6.45, 7) is 6.19. The minimum Gasteiger partial charge on any atom is -0.362 e. The molecule has 1 aliphatic rings. The predicted molar refractivity (Wildman–Crippen MR) is 103 cm³/mol. The van der Waals surface area contributed by atoms with Gasteiger partial charge in [-0.1, -0.05) is 25.4 Å². The van der Waals surface area contributed by atoms with Crippen molar-refractivity contribution in [1.29, 1.82) is 0 Å². The summed E-state index contributed by atoms with van der Waals surface area (Å²) in [5.41, 5.74) is 1.86. The van der Waals surface area contributed by atoms with E-state index in [1.807, 2.05) is 4.90 Å². The van der Waals surface area contributed by atoms with Crippen LogP contribution in [0.1, 0.15) is 30.0 Å². The maximum Gasteiger partial charge on any atom is 0.294 e. The average Bonchev–Trinajstić information content (AvgIpc) is 3.09. The number of nitro benzene ring substituents is 1. The van der Waals surface area contributed by atoms with E-state index in [-0.39, 0.29) is 11.6 Å². The van der Waals surface area contributed by atoms with E-state index in [0.717, 1.165) is 12.1 Å². The van der Waals surface area contributed by atoms with Crippen molar-refractivity contribution in [3.8, 4) is 0 Å². The van der Waals surface area contributed by atoms with Crippen molar-refractivity contribution in [2.24, 2.45) is 5.92 Å². The summed E-state index contributed by atoms with van der Waals surface area (Å²) in [6, 6.07) is 6.46. The number of hydrogen-bond acceptors (Lipinski definition) is 5. The molecular formula is C18H22ClN5O3. The largest absolute Gasteiger partial charge is 0.362 e. The number of nitrogens with one attached hydrogen (secondary N) is 1. The molecule has 1 N–H and O–H groups in total. The second kappa shape index (κ2) is 7.96. The highest BCUT2D eigenvalue weighted by atomic mass is 35.5. The monoisotopic (exact) mass is 391 g/mol. The van der Waals surface area contributed by atoms with Crippen molar-refractivity contribution >= 4 is 28.9 Å². The fraction of sp³-hybridized carbons (Fsp3) is 0.444. The lowest BCUT2D eigenvalue weighted by Crippen LogP contribution is -2.49. The first-order chi connectivity index (χ1) is 12.8. The van der Waals surface area contributed by atoms with E-state index < -0.39 is 4.92 Å². The lowest BCUT2D eigenvalue weighted by atomic mass is 10.1. The van der Waals surface area contributed by atoms with Gasteiger partial charge in [-0.2, -0.15) is 5.10 Å². The number of rotatable bonds is 5. The number of nitrogens with zero attached hydrogens (tertiary/aromatic N) is 4. The van der Waals surface area contributed by atoms with Gasteiger partial charge in [0.2, 0.25) is 0 Å². The number of benzene rings is 1. The number of anilines is 1. The molecule has 0 unspecified atom stereocenters. The summed E-state index contributed by atoms with van der Waals surface area (Å²) >= 11 is 5.88. The third kappa shape index (κ3) is 4.39. The molecule has 1 amide bonds. The Morgan fingerprint density at radius 3 is 2.63 bits per heavy atom. The first-order valence-electron chi connectivity index (χ1n) is 8.87. The SMILES string of the molecule is CC(C)Cc1cc(C(=O)N2CCN(c3ccc(Cl)cc3[N+](=O)[O-])CC2)n[nH]1. The van der Waals surface area contributed by atoms with Crippen molar-refractivity contribution in [3.05, 3.63) is 50.8 Å². The van der Waals surface area contributed by atoms with Crippen LogP contribution in [0.15, 0.2) is 24.3 Å². The summed E-state index contributed by atoms with van der Waals surface area (Å²) in [4.78, 5) is 27.2. The van der Waals surface area contributed by atoms with Crippen LogP contribution in [0.3, 0.4) is 0 Å². The highest BCUT2D eigenvalue weighted by molar-refractivity contribution is 6.30. The number of nitro groups is 1. The first kappa shape index (κ1) is 19.2. The van der Waals surface area contributed by atoms with Gasteiger partial charge in [0, 0.05) is 43.0 Å². The zero-order valence-electron chi connectivity index (χ0n) is 15.3. The second-order valence-electron chi connectivity index (χ2n) is 7.05. The zero-order chi connectivity index (χ0) is 19.6. The van der Waals surface area contributed by atoms with Crippen LogP contribution in [0.4, 0.5) is 11.4 Å². The Hall–Kier alpha value is -2.61. The summed E-state index contributed by atoms with van der Waals surface area (Å²) < 4.78 is 0. The van der Waals surface area contributed by atoms with E-state index in [1.165, 1.54) is 6.07 Å². The van der Waals surface area contributed by atoms with Gasteiger partial charge < -0.3 is 9.80 Å². The van der Waals surface area contributed by atoms with Crippen LogP contribution >= 0.6 is 11.6 Å². The molecule has 2 aromatic rings. The average molecular weight is 392 g/mol. The van der Waals surface area contributed by atoms with E-state index in [4.69, 9.17) is 11.6 Å². The summed E-state index contributed by atoms with van der Waals surface area (Å²) in [5, 5.41) is 18.7. The summed E-state index contributed by atoms with van der Waals surface area (Å²) in [7, 11) is 0. The fourth-order valence-corrected chi connectivity index (χ4v) is 3.40. The molecule has 1 saturated heterocycles. The minimum atomic E-state index is -0.432. The number of aromatic nitrogens is 2. The van der Waals surface area contributed by atoms with Crippen LogP contribution in [0, 0.1) is 16.0 Å². The quantitative estimate of drug-likeness (QED) is 0.624. The Morgan fingerprint density at radius 2 is 2.00 bits per heavy atom. The molecular weight excluding hydrogens is 370 g/mol. The molecule has 0 spiro atoms. The van der Waals surface area contributed by atoms with Crippen LogP contribution in [0.5, 0.6) is 0 Å². The van der Waals surface area contributed by atoms with Gasteiger partial charge in [-0.3, -0.25) is 20.0 Å². The lowest BCUT2D eigenvalue weighted by Gasteiger charge is -2.35. The van der Waals surface area contributed by atoms with Gasteiger partial charge >= 0.3 is 0 Å². The number of H-pyrrole nitrogens is 1. The van der Waals surface area contributed by atoms with Gasteiger partial charge in [0.05, 0.1) is 4.92 Å². The maximum atomic E-state index is 12.7. The van der Waals surface area contributed by atoms with Crippen molar-refractivity contribution < 1.29 is 9.72 Å². The molecule has 0 atom stereocenters. The molecule has 1 aromatic heterocycles. The molecule has 0 saturated carbocycles. The molecule has 8 nitrogen and oxygen atoms in total. The molecule has 3 rings (SSSR count). The number of hydrogen-bond donors (Lipinski definition) is 1. The highest BCUT2D eigenvalue weighted by Gasteiger charge is 2.27.